The van der Waals surface area contributed by atoms with Crippen molar-refractivity contribution >= 4 is 5.91 Å². The van der Waals surface area contributed by atoms with Crippen LogP contribution in [0.3, 0.4) is 0 Å². The maximum Gasteiger partial charge on any atom is 0.222 e. The molecule has 0 N–H and O–H groups in total. The van der Waals surface area contributed by atoms with Crippen LogP contribution in [0.4, 0.5) is 0 Å². The van der Waals surface area contributed by atoms with Crippen molar-refractivity contribution in [2.75, 3.05) is 13.1 Å². The molecule has 0 saturated heterocycles. The molecule has 0 aliphatic heterocycles. The minimum Gasteiger partial charge on any atom is -0.343 e. The Bertz CT molecular complexity index is 209. The van der Waals surface area contributed by atoms with Gasteiger partial charge in [0.05, 0.1) is 0 Å². The first-order valence-corrected chi connectivity index (χ1v) is 7.55. The zero-order valence-corrected chi connectivity index (χ0v) is 11.7. The quantitative estimate of drug-likeness (QED) is 0.657. The summed E-state index contributed by atoms with van der Waals surface area (Å²) in [6.45, 7) is 6.27. The molecule has 17 heavy (non-hydrogen) atoms. The third-order valence-electron chi connectivity index (χ3n) is 3.82. The average molecular weight is 239 g/mol. The molecule has 1 aliphatic rings. The minimum absolute atomic E-state index is 0.409. The Morgan fingerprint density at radius 1 is 1.06 bits per heavy atom. The maximum atomic E-state index is 12.2. The van der Waals surface area contributed by atoms with Gasteiger partial charge in [0.2, 0.25) is 5.91 Å². The monoisotopic (exact) mass is 239 g/mol. The Hall–Kier alpha value is -0.530. The van der Waals surface area contributed by atoms with Crippen LogP contribution in [0, 0.1) is 5.92 Å². The van der Waals surface area contributed by atoms with Gasteiger partial charge in [0, 0.05) is 19.5 Å². The van der Waals surface area contributed by atoms with E-state index in [1.165, 1.54) is 38.5 Å². The third kappa shape index (κ3) is 5.56. The molecule has 1 rings (SSSR count). The van der Waals surface area contributed by atoms with Gasteiger partial charge in [-0.25, -0.2) is 0 Å². The lowest BCUT2D eigenvalue weighted by atomic mass is 9.86. The summed E-state index contributed by atoms with van der Waals surface area (Å²) in [5, 5.41) is 0. The molecule has 0 bridgehead atoms. The smallest absolute Gasteiger partial charge is 0.222 e. The lowest BCUT2D eigenvalue weighted by molar-refractivity contribution is -0.132. The predicted molar refractivity (Wildman–Crippen MR) is 73.0 cm³/mol. The average Bonchev–Trinajstić information content (AvgIpc) is 2.35. The van der Waals surface area contributed by atoms with E-state index in [4.69, 9.17) is 0 Å². The summed E-state index contributed by atoms with van der Waals surface area (Å²) in [6, 6.07) is 0. The van der Waals surface area contributed by atoms with Crippen molar-refractivity contribution < 1.29 is 4.79 Å². The third-order valence-corrected chi connectivity index (χ3v) is 3.82. The Morgan fingerprint density at radius 2 is 1.76 bits per heavy atom. The van der Waals surface area contributed by atoms with E-state index in [1.807, 2.05) is 0 Å². The molecule has 0 aromatic rings. The summed E-state index contributed by atoms with van der Waals surface area (Å²) in [5.74, 6) is 1.09. The van der Waals surface area contributed by atoms with E-state index in [1.54, 1.807) is 0 Å². The zero-order chi connectivity index (χ0) is 12.5. The molecule has 0 aromatic heterocycles. The molecule has 0 unspecified atom stereocenters. The van der Waals surface area contributed by atoms with Crippen LogP contribution >= 0.6 is 0 Å². The van der Waals surface area contributed by atoms with Gasteiger partial charge in [-0.15, -0.1) is 0 Å². The van der Waals surface area contributed by atoms with Gasteiger partial charge in [-0.3, -0.25) is 4.79 Å². The van der Waals surface area contributed by atoms with Gasteiger partial charge >= 0.3 is 0 Å². The normalized spacial score (nSPS) is 17.1. The number of rotatable bonds is 7. The molecular weight excluding hydrogens is 210 g/mol. The molecule has 1 saturated carbocycles. The molecule has 0 radical (unpaired) electrons. The van der Waals surface area contributed by atoms with Crippen LogP contribution in [0.2, 0.25) is 0 Å². The van der Waals surface area contributed by atoms with E-state index in [0.29, 0.717) is 11.8 Å². The number of carbonyl (C=O) groups excluding carboxylic acids is 1. The molecule has 1 amide bonds. The van der Waals surface area contributed by atoms with Crippen LogP contribution in [-0.2, 0) is 4.79 Å². The molecule has 2 heteroatoms. The maximum absolute atomic E-state index is 12.2. The van der Waals surface area contributed by atoms with Crippen molar-refractivity contribution in [1.29, 1.82) is 0 Å². The van der Waals surface area contributed by atoms with Crippen LogP contribution in [0.25, 0.3) is 0 Å². The number of amides is 1. The van der Waals surface area contributed by atoms with E-state index in [-0.39, 0.29) is 0 Å². The Morgan fingerprint density at radius 3 is 2.35 bits per heavy atom. The van der Waals surface area contributed by atoms with E-state index < -0.39 is 0 Å². The van der Waals surface area contributed by atoms with Gasteiger partial charge in [-0.1, -0.05) is 39.5 Å². The van der Waals surface area contributed by atoms with Crippen molar-refractivity contribution in [3.05, 3.63) is 0 Å². The largest absolute Gasteiger partial charge is 0.343 e. The Kier molecular flexibility index (Phi) is 7.30. The van der Waals surface area contributed by atoms with Crippen molar-refractivity contribution in [3.63, 3.8) is 0 Å². The van der Waals surface area contributed by atoms with Crippen molar-refractivity contribution in [2.24, 2.45) is 5.92 Å². The molecule has 100 valence electrons. The molecule has 1 aliphatic carbocycles. The van der Waals surface area contributed by atoms with Crippen LogP contribution in [0.15, 0.2) is 0 Å². The van der Waals surface area contributed by atoms with E-state index in [2.05, 4.69) is 18.7 Å². The van der Waals surface area contributed by atoms with Crippen molar-refractivity contribution in [2.45, 2.75) is 71.6 Å². The summed E-state index contributed by atoms with van der Waals surface area (Å²) < 4.78 is 0. The van der Waals surface area contributed by atoms with Gasteiger partial charge < -0.3 is 4.90 Å². The fourth-order valence-corrected chi connectivity index (χ4v) is 2.75. The standard InChI is InChI=1S/C15H29NO/c1-3-5-12-16(11-4-2)15(17)13-14-9-7-6-8-10-14/h14H,3-13H2,1-2H3. The van der Waals surface area contributed by atoms with Gasteiger partial charge in [-0.05, 0) is 31.6 Å². The minimum atomic E-state index is 0.409. The lowest BCUT2D eigenvalue weighted by Crippen LogP contribution is -2.34. The number of hydrogen-bond donors (Lipinski definition) is 0. The lowest BCUT2D eigenvalue weighted by Gasteiger charge is -2.26. The van der Waals surface area contributed by atoms with Crippen LogP contribution in [0.5, 0.6) is 0 Å². The number of unbranched alkanes of at least 4 members (excludes halogenated alkanes) is 1. The van der Waals surface area contributed by atoms with Crippen LogP contribution < -0.4 is 0 Å². The fraction of sp³-hybridized carbons (Fsp3) is 0.933. The second-order valence-corrected chi connectivity index (χ2v) is 5.44. The topological polar surface area (TPSA) is 20.3 Å². The highest BCUT2D eigenvalue weighted by Gasteiger charge is 2.20. The highest BCUT2D eigenvalue weighted by Crippen LogP contribution is 2.26. The van der Waals surface area contributed by atoms with Gasteiger partial charge in [0.15, 0.2) is 0 Å². The summed E-state index contributed by atoms with van der Waals surface area (Å²) in [7, 11) is 0. The SMILES string of the molecule is CCCCN(CCC)C(=O)CC1CCCCC1. The van der Waals surface area contributed by atoms with Gasteiger partial charge in [0.25, 0.3) is 0 Å². The molecule has 0 aromatic carbocycles. The molecule has 1 fully saturated rings. The molecule has 2 nitrogen and oxygen atoms in total. The molecule has 0 spiro atoms. The van der Waals surface area contributed by atoms with Crippen molar-refractivity contribution in [1.82, 2.24) is 4.90 Å². The summed E-state index contributed by atoms with van der Waals surface area (Å²) in [5.41, 5.74) is 0. The first-order valence-electron chi connectivity index (χ1n) is 7.55. The number of nitrogens with zero attached hydrogens (tertiary/aromatic N) is 1. The van der Waals surface area contributed by atoms with E-state index >= 15 is 0 Å². The van der Waals surface area contributed by atoms with E-state index in [0.717, 1.165) is 32.4 Å². The number of carbonyl (C=O) groups is 1. The predicted octanol–water partition coefficient (Wildman–Crippen LogP) is 4.00. The van der Waals surface area contributed by atoms with Crippen LogP contribution in [-0.4, -0.2) is 23.9 Å². The molecule has 0 heterocycles. The summed E-state index contributed by atoms with van der Waals surface area (Å²) >= 11 is 0. The van der Waals surface area contributed by atoms with Gasteiger partial charge in [0.1, 0.15) is 0 Å². The Labute approximate surface area is 107 Å². The number of hydrogen-bond acceptors (Lipinski definition) is 1. The molecular formula is C15H29NO. The fourth-order valence-electron chi connectivity index (χ4n) is 2.75. The summed E-state index contributed by atoms with van der Waals surface area (Å²) in [4.78, 5) is 14.3. The summed E-state index contributed by atoms with van der Waals surface area (Å²) in [6.07, 6.45) is 10.8. The Balaban J connectivity index is 2.34. The van der Waals surface area contributed by atoms with E-state index in [9.17, 15) is 4.79 Å². The highest BCUT2D eigenvalue weighted by molar-refractivity contribution is 5.76. The van der Waals surface area contributed by atoms with Crippen molar-refractivity contribution in [3.8, 4) is 0 Å². The first kappa shape index (κ1) is 14.5. The van der Waals surface area contributed by atoms with Gasteiger partial charge in [-0.2, -0.15) is 0 Å². The van der Waals surface area contributed by atoms with Crippen LogP contribution in [0.1, 0.15) is 71.6 Å². The molecule has 0 atom stereocenters. The second-order valence-electron chi connectivity index (χ2n) is 5.44. The highest BCUT2D eigenvalue weighted by atomic mass is 16.2. The second kappa shape index (κ2) is 8.54. The first-order chi connectivity index (χ1) is 8.27. The zero-order valence-electron chi connectivity index (χ0n) is 11.7.